The highest BCUT2D eigenvalue weighted by Crippen LogP contribution is 2.34. The van der Waals surface area contributed by atoms with Gasteiger partial charge in [0, 0.05) is 5.56 Å². The molecular weight excluding hydrogens is 384 g/mol. The molecule has 0 aromatic heterocycles. The molecule has 3 aromatic carbocycles. The van der Waals surface area contributed by atoms with Crippen LogP contribution in [0.5, 0.6) is 0 Å². The third-order valence-corrected chi connectivity index (χ3v) is 4.75. The molecule has 0 saturated heterocycles. The van der Waals surface area contributed by atoms with Gasteiger partial charge in [-0.25, -0.2) is 22.4 Å². The van der Waals surface area contributed by atoms with Crippen LogP contribution in [0.4, 0.5) is 17.6 Å². The molecule has 0 N–H and O–H groups in total. The van der Waals surface area contributed by atoms with Crippen LogP contribution in [0, 0.1) is 23.3 Å². The Morgan fingerprint density at radius 3 is 1.66 bits per heavy atom. The molecule has 150 valence electrons. The molecule has 0 spiro atoms. The van der Waals surface area contributed by atoms with Gasteiger partial charge in [0.2, 0.25) is 0 Å². The largest absolute Gasteiger partial charge is 0.465 e. The summed E-state index contributed by atoms with van der Waals surface area (Å²) in [4.78, 5) is 12.2. The minimum atomic E-state index is -2.04. The molecule has 0 atom stereocenters. The fraction of sp³-hybridized carbons (Fsp3) is 0.174. The van der Waals surface area contributed by atoms with Crippen molar-refractivity contribution >= 4 is 5.97 Å². The molecule has 0 bridgehead atoms. The van der Waals surface area contributed by atoms with E-state index in [1.54, 1.807) is 60.7 Å². The van der Waals surface area contributed by atoms with E-state index in [0.29, 0.717) is 0 Å². The van der Waals surface area contributed by atoms with E-state index in [-0.39, 0.29) is 12.8 Å². The smallest absolute Gasteiger partial charge is 0.341 e. The van der Waals surface area contributed by atoms with Crippen LogP contribution in [-0.2, 0) is 17.6 Å². The first-order chi connectivity index (χ1) is 13.9. The van der Waals surface area contributed by atoms with Crippen LogP contribution in [0.1, 0.15) is 33.0 Å². The van der Waals surface area contributed by atoms with Gasteiger partial charge >= 0.3 is 5.97 Å². The van der Waals surface area contributed by atoms with Crippen LogP contribution in [0.25, 0.3) is 0 Å². The number of halogens is 4. The number of carbonyl (C=O) groups excluding carboxylic acids is 1. The monoisotopic (exact) mass is 402 g/mol. The second-order valence-corrected chi connectivity index (χ2v) is 6.61. The Bertz CT molecular complexity index is 963. The van der Waals surface area contributed by atoms with Gasteiger partial charge in [-0.15, -0.1) is 0 Å². The van der Waals surface area contributed by atoms with Gasteiger partial charge in [-0.05, 0) is 29.9 Å². The van der Waals surface area contributed by atoms with Gasteiger partial charge in [-0.1, -0.05) is 60.7 Å². The number of ether oxygens (including phenoxy) is 1. The van der Waals surface area contributed by atoms with Crippen LogP contribution < -0.4 is 0 Å². The quantitative estimate of drug-likeness (QED) is 0.232. The van der Waals surface area contributed by atoms with Crippen LogP contribution in [0.2, 0.25) is 0 Å². The molecule has 3 aromatic rings. The third-order valence-electron chi connectivity index (χ3n) is 4.75. The summed E-state index contributed by atoms with van der Waals surface area (Å²) < 4.78 is 61.8. The lowest BCUT2D eigenvalue weighted by Gasteiger charge is -2.22. The van der Waals surface area contributed by atoms with E-state index < -0.39 is 46.3 Å². The van der Waals surface area contributed by atoms with Crippen LogP contribution in [0.15, 0.2) is 60.7 Å². The van der Waals surface area contributed by atoms with Crippen molar-refractivity contribution in [2.45, 2.75) is 18.8 Å². The zero-order valence-corrected chi connectivity index (χ0v) is 15.6. The highest BCUT2D eigenvalue weighted by molar-refractivity contribution is 5.91. The lowest BCUT2D eigenvalue weighted by molar-refractivity contribution is 0.0590. The molecule has 3 rings (SSSR count). The summed E-state index contributed by atoms with van der Waals surface area (Å²) in [6.45, 7) is 0. The first-order valence-corrected chi connectivity index (χ1v) is 8.96. The van der Waals surface area contributed by atoms with Crippen molar-refractivity contribution in [1.82, 2.24) is 0 Å². The van der Waals surface area contributed by atoms with E-state index in [4.69, 9.17) is 0 Å². The Kier molecular flexibility index (Phi) is 6.32. The fourth-order valence-corrected chi connectivity index (χ4v) is 3.41. The Balaban J connectivity index is 2.19. The lowest BCUT2D eigenvalue weighted by Crippen LogP contribution is -2.20. The van der Waals surface area contributed by atoms with Crippen LogP contribution in [0.3, 0.4) is 0 Å². The Morgan fingerprint density at radius 1 is 0.759 bits per heavy atom. The fourth-order valence-electron chi connectivity index (χ4n) is 3.41. The van der Waals surface area contributed by atoms with Crippen molar-refractivity contribution in [2.75, 3.05) is 7.11 Å². The predicted molar refractivity (Wildman–Crippen MR) is 101 cm³/mol. The molecule has 0 heterocycles. The Labute approximate surface area is 165 Å². The molecule has 2 nitrogen and oxygen atoms in total. The summed E-state index contributed by atoms with van der Waals surface area (Å²) in [5, 5.41) is 0. The van der Waals surface area contributed by atoms with Crippen molar-refractivity contribution in [3.8, 4) is 0 Å². The molecule has 0 aliphatic rings. The van der Waals surface area contributed by atoms with Crippen LogP contribution >= 0.6 is 0 Å². The summed E-state index contributed by atoms with van der Waals surface area (Å²) >= 11 is 0. The van der Waals surface area contributed by atoms with E-state index in [2.05, 4.69) is 4.74 Å². The summed E-state index contributed by atoms with van der Waals surface area (Å²) in [5.74, 6) is -9.42. The average Bonchev–Trinajstić information content (AvgIpc) is 2.75. The number of esters is 1. The van der Waals surface area contributed by atoms with Gasteiger partial charge in [0.25, 0.3) is 0 Å². The Morgan fingerprint density at radius 2 is 1.21 bits per heavy atom. The first kappa shape index (κ1) is 20.6. The third kappa shape index (κ3) is 4.31. The summed E-state index contributed by atoms with van der Waals surface area (Å²) in [7, 11) is 0.966. The summed E-state index contributed by atoms with van der Waals surface area (Å²) in [6, 6.07) is 17.8. The van der Waals surface area contributed by atoms with Crippen molar-refractivity contribution in [1.29, 1.82) is 0 Å². The SMILES string of the molecule is COC(=O)c1c(F)c(F)c(F)c(F)c1C(Cc1ccccc1)Cc1ccccc1. The maximum atomic E-state index is 14.9. The minimum absolute atomic E-state index is 0.182. The molecule has 0 fully saturated rings. The summed E-state index contributed by atoms with van der Waals surface area (Å²) in [6.07, 6.45) is 0.363. The second-order valence-electron chi connectivity index (χ2n) is 6.61. The molecule has 29 heavy (non-hydrogen) atoms. The van der Waals surface area contributed by atoms with Gasteiger partial charge in [-0.3, -0.25) is 0 Å². The number of rotatable bonds is 6. The molecule has 0 unspecified atom stereocenters. The van der Waals surface area contributed by atoms with Crippen molar-refractivity contribution < 1.29 is 27.1 Å². The molecule has 6 heteroatoms. The van der Waals surface area contributed by atoms with Gasteiger partial charge in [0.1, 0.15) is 5.56 Å². The van der Waals surface area contributed by atoms with Gasteiger partial charge in [-0.2, -0.15) is 0 Å². The number of benzene rings is 3. The number of methoxy groups -OCH3 is 1. The second kappa shape index (κ2) is 8.90. The molecule has 0 aliphatic carbocycles. The molecule has 0 saturated carbocycles. The van der Waals surface area contributed by atoms with E-state index in [1.807, 2.05) is 0 Å². The normalized spacial score (nSPS) is 11.0. The molecular formula is C23H18F4O2. The topological polar surface area (TPSA) is 26.3 Å². The van der Waals surface area contributed by atoms with Crippen molar-refractivity contribution in [3.63, 3.8) is 0 Å². The Hall–Kier alpha value is -3.15. The first-order valence-electron chi connectivity index (χ1n) is 8.96. The standard InChI is InChI=1S/C23H18F4O2/c1-29-23(28)18-17(19(24)21(26)22(27)20(18)25)16(12-14-8-4-2-5-9-14)13-15-10-6-3-7-11-15/h2-11,16H,12-13H2,1H3. The summed E-state index contributed by atoms with van der Waals surface area (Å²) in [5.41, 5.74) is 0.101. The van der Waals surface area contributed by atoms with Gasteiger partial charge in [0.15, 0.2) is 23.3 Å². The highest BCUT2D eigenvalue weighted by Gasteiger charge is 2.33. The van der Waals surface area contributed by atoms with Crippen molar-refractivity contribution in [2.24, 2.45) is 0 Å². The maximum Gasteiger partial charge on any atom is 0.341 e. The van der Waals surface area contributed by atoms with Crippen LogP contribution in [-0.4, -0.2) is 13.1 Å². The number of carbonyl (C=O) groups is 1. The maximum absolute atomic E-state index is 14.9. The minimum Gasteiger partial charge on any atom is -0.465 e. The zero-order valence-electron chi connectivity index (χ0n) is 15.6. The van der Waals surface area contributed by atoms with Gasteiger partial charge in [0.05, 0.1) is 7.11 Å². The highest BCUT2D eigenvalue weighted by atomic mass is 19.2. The van der Waals surface area contributed by atoms with E-state index >= 15 is 0 Å². The zero-order chi connectivity index (χ0) is 21.0. The number of hydrogen-bond acceptors (Lipinski definition) is 2. The van der Waals surface area contributed by atoms with Crippen molar-refractivity contribution in [3.05, 3.63) is 106 Å². The molecule has 0 aliphatic heterocycles. The van der Waals surface area contributed by atoms with E-state index in [9.17, 15) is 22.4 Å². The molecule has 0 amide bonds. The van der Waals surface area contributed by atoms with E-state index in [1.165, 1.54) is 0 Å². The molecule has 0 radical (unpaired) electrons. The average molecular weight is 402 g/mol. The van der Waals surface area contributed by atoms with Gasteiger partial charge < -0.3 is 4.74 Å². The predicted octanol–water partition coefficient (Wildman–Crippen LogP) is 5.60. The van der Waals surface area contributed by atoms with E-state index in [0.717, 1.165) is 18.2 Å². The number of hydrogen-bond donors (Lipinski definition) is 0. The lowest BCUT2D eigenvalue weighted by atomic mass is 9.83.